The van der Waals surface area contributed by atoms with Crippen molar-refractivity contribution >= 4 is 55.1 Å². The Morgan fingerprint density at radius 1 is 0.550 bits per heavy atom. The molecule has 0 saturated carbocycles. The predicted octanol–water partition coefficient (Wildman–Crippen LogP) is 16.1. The van der Waals surface area contributed by atoms with Crippen molar-refractivity contribution in [2.24, 2.45) is 5.41 Å². The molecule has 1 heteroatoms. The van der Waals surface area contributed by atoms with Crippen molar-refractivity contribution in [1.82, 2.24) is 0 Å². The summed E-state index contributed by atoms with van der Waals surface area (Å²) >= 11 is 0. The van der Waals surface area contributed by atoms with Crippen LogP contribution in [-0.2, 0) is 18.3 Å². The molecule has 0 saturated heterocycles. The number of allylic oxidation sites excluding steroid dienone is 5. The van der Waals surface area contributed by atoms with Gasteiger partial charge in [0.05, 0.1) is 0 Å². The normalized spacial score (nSPS) is 17.8. The van der Waals surface area contributed by atoms with Crippen molar-refractivity contribution in [2.75, 3.05) is 0 Å². The molecule has 1 unspecified atom stereocenters. The smallest absolute Gasteiger partial charge is 0.135 e. The zero-order chi connectivity index (χ0) is 40.2. The van der Waals surface area contributed by atoms with E-state index in [-0.39, 0.29) is 10.8 Å². The molecule has 1 nitrogen and oxygen atoms in total. The van der Waals surface area contributed by atoms with E-state index in [1.165, 1.54) is 105 Å². The fourth-order valence-corrected chi connectivity index (χ4v) is 11.2. The molecule has 12 rings (SSSR count). The van der Waals surface area contributed by atoms with Gasteiger partial charge in [0.15, 0.2) is 0 Å². The second-order valence-electron chi connectivity index (χ2n) is 18.2. The minimum absolute atomic E-state index is 0.0553. The molecular formula is C59H46O. The Bertz CT molecular complexity index is 3330. The van der Waals surface area contributed by atoms with Crippen molar-refractivity contribution in [3.05, 3.63) is 203 Å². The monoisotopic (exact) mass is 770 g/mol. The number of aryl methyl sites for hydroxylation is 1. The van der Waals surface area contributed by atoms with Crippen molar-refractivity contribution in [1.29, 1.82) is 0 Å². The van der Waals surface area contributed by atoms with Crippen LogP contribution in [0.15, 0.2) is 180 Å². The summed E-state index contributed by atoms with van der Waals surface area (Å²) in [5.74, 6) is 0. The van der Waals surface area contributed by atoms with E-state index in [0.29, 0.717) is 0 Å². The zero-order valence-corrected chi connectivity index (χ0v) is 34.5. The first-order chi connectivity index (χ1) is 29.3. The summed E-state index contributed by atoms with van der Waals surface area (Å²) in [6, 6.07) is 56.5. The van der Waals surface area contributed by atoms with E-state index < -0.39 is 0 Å². The number of fused-ring (bicyclic) bond motifs is 11. The Labute approximate surface area is 352 Å². The highest BCUT2D eigenvalue weighted by Gasteiger charge is 2.54. The minimum Gasteiger partial charge on any atom is -0.456 e. The first-order valence-corrected chi connectivity index (χ1v) is 21.6. The molecule has 0 bridgehead atoms. The van der Waals surface area contributed by atoms with Crippen molar-refractivity contribution < 1.29 is 4.42 Å². The molecule has 1 aromatic heterocycles. The van der Waals surface area contributed by atoms with Crippen LogP contribution in [0.25, 0.3) is 88.5 Å². The molecule has 3 aliphatic rings. The number of hydrogen-bond acceptors (Lipinski definition) is 1. The Balaban J connectivity index is 0.944. The topological polar surface area (TPSA) is 13.1 Å². The fraction of sp³-hybridized carbons (Fsp3) is 0.153. The maximum absolute atomic E-state index is 6.41. The van der Waals surface area contributed by atoms with E-state index in [4.69, 9.17) is 4.42 Å². The number of para-hydroxylation sites is 1. The second-order valence-corrected chi connectivity index (χ2v) is 18.2. The van der Waals surface area contributed by atoms with Gasteiger partial charge in [-0.3, -0.25) is 0 Å². The molecule has 60 heavy (non-hydrogen) atoms. The largest absolute Gasteiger partial charge is 0.456 e. The van der Waals surface area contributed by atoms with Crippen LogP contribution < -0.4 is 0 Å². The number of rotatable bonds is 5. The van der Waals surface area contributed by atoms with Crippen LogP contribution >= 0.6 is 0 Å². The van der Waals surface area contributed by atoms with Gasteiger partial charge >= 0.3 is 0 Å². The molecule has 0 radical (unpaired) electrons. The highest BCUT2D eigenvalue weighted by Crippen LogP contribution is 2.64. The molecule has 1 heterocycles. The average Bonchev–Trinajstić information content (AvgIpc) is 3.75. The molecule has 9 aromatic rings. The van der Waals surface area contributed by atoms with Crippen LogP contribution in [0.4, 0.5) is 0 Å². The van der Waals surface area contributed by atoms with Crippen molar-refractivity contribution in [3.63, 3.8) is 0 Å². The lowest BCUT2D eigenvalue weighted by Gasteiger charge is -2.42. The van der Waals surface area contributed by atoms with Crippen molar-refractivity contribution in [2.45, 2.75) is 51.9 Å². The van der Waals surface area contributed by atoms with Crippen LogP contribution in [0.1, 0.15) is 61.4 Å². The lowest BCUT2D eigenvalue weighted by Crippen LogP contribution is -2.36. The van der Waals surface area contributed by atoms with Crippen molar-refractivity contribution in [3.8, 4) is 33.4 Å². The summed E-state index contributed by atoms with van der Waals surface area (Å²) in [7, 11) is 0. The minimum atomic E-state index is -0.0952. The van der Waals surface area contributed by atoms with E-state index in [2.05, 4.69) is 197 Å². The van der Waals surface area contributed by atoms with Gasteiger partial charge in [-0.25, -0.2) is 0 Å². The predicted molar refractivity (Wildman–Crippen MR) is 254 cm³/mol. The molecule has 0 amide bonds. The molecule has 0 spiro atoms. The third-order valence-electron chi connectivity index (χ3n) is 14.7. The summed E-state index contributed by atoms with van der Waals surface area (Å²) in [4.78, 5) is 0. The summed E-state index contributed by atoms with van der Waals surface area (Å²) in [6.07, 6.45) is 13.7. The van der Waals surface area contributed by atoms with Crippen LogP contribution in [0.3, 0.4) is 0 Å². The second kappa shape index (κ2) is 13.2. The third-order valence-corrected chi connectivity index (χ3v) is 14.7. The number of furan rings is 1. The Hall–Kier alpha value is -6.70. The van der Waals surface area contributed by atoms with E-state index in [1.54, 1.807) is 0 Å². The van der Waals surface area contributed by atoms with Gasteiger partial charge in [-0.2, -0.15) is 0 Å². The number of hydrogen-bond donors (Lipinski definition) is 0. The van der Waals surface area contributed by atoms with E-state index in [1.807, 2.05) is 0 Å². The van der Waals surface area contributed by atoms with Gasteiger partial charge in [-0.1, -0.05) is 178 Å². The number of benzene rings is 8. The SMILES string of the molecule is CC12CC(Cc3cc4ccc(-c5ccc(-c6cccc7c6C=CCC7)cc5)cc4c4cc(-c5ccccc5)ccc34)=CC=C1c1ccc3oc4ccccc4c3c1C2(C)C. The highest BCUT2D eigenvalue weighted by atomic mass is 16.3. The van der Waals surface area contributed by atoms with E-state index >= 15 is 0 Å². The van der Waals surface area contributed by atoms with Gasteiger partial charge in [-0.05, 0) is 138 Å². The maximum Gasteiger partial charge on any atom is 0.135 e. The van der Waals surface area contributed by atoms with E-state index in [0.717, 1.165) is 36.8 Å². The summed E-state index contributed by atoms with van der Waals surface area (Å²) in [6.45, 7) is 7.43. The lowest BCUT2D eigenvalue weighted by atomic mass is 9.60. The summed E-state index contributed by atoms with van der Waals surface area (Å²) in [5.41, 5.74) is 19.3. The fourth-order valence-electron chi connectivity index (χ4n) is 11.2. The quantitative estimate of drug-likeness (QED) is 0.159. The molecule has 0 fully saturated rings. The van der Waals surface area contributed by atoms with Crippen LogP contribution in [0.2, 0.25) is 0 Å². The zero-order valence-electron chi connectivity index (χ0n) is 34.5. The van der Waals surface area contributed by atoms with Gasteiger partial charge in [-0.15, -0.1) is 0 Å². The Morgan fingerprint density at radius 2 is 1.30 bits per heavy atom. The molecular weight excluding hydrogens is 725 g/mol. The maximum atomic E-state index is 6.41. The molecule has 0 aliphatic heterocycles. The average molecular weight is 771 g/mol. The first kappa shape index (κ1) is 35.3. The molecule has 8 aromatic carbocycles. The van der Waals surface area contributed by atoms with Crippen LogP contribution in [-0.4, -0.2) is 0 Å². The van der Waals surface area contributed by atoms with Crippen LogP contribution in [0, 0.1) is 5.41 Å². The molecule has 288 valence electrons. The standard InChI is InChI=1S/C59H46O/c1-58(2)57-49(29-31-55-56(57)50-17-9-10-19-54(50)60-55)53-30-20-37(36-59(53,58)3)32-45-33-44-26-25-42(34-51(44)52-35-43(27-28-48(45)52)38-12-5-4-6-13-38)39-21-23-41(24-22-39)47-18-11-15-40-14-7-8-16-46(40)47/h4-6,8-13,15-31,33-35H,7,14,32,36H2,1-3H3. The van der Waals surface area contributed by atoms with Gasteiger partial charge in [0.25, 0.3) is 0 Å². The van der Waals surface area contributed by atoms with Gasteiger partial charge in [0, 0.05) is 21.6 Å². The summed E-state index contributed by atoms with van der Waals surface area (Å²) < 4.78 is 6.41. The molecule has 0 N–H and O–H groups in total. The highest BCUT2D eigenvalue weighted by molar-refractivity contribution is 6.12. The Kier molecular flexibility index (Phi) is 7.73. The molecule has 3 aliphatic carbocycles. The van der Waals surface area contributed by atoms with Gasteiger partial charge < -0.3 is 4.42 Å². The molecule has 1 atom stereocenters. The summed E-state index contributed by atoms with van der Waals surface area (Å²) in [5, 5.41) is 7.72. The van der Waals surface area contributed by atoms with Gasteiger partial charge in [0.2, 0.25) is 0 Å². The Morgan fingerprint density at radius 3 is 2.17 bits per heavy atom. The van der Waals surface area contributed by atoms with Crippen LogP contribution in [0.5, 0.6) is 0 Å². The van der Waals surface area contributed by atoms with E-state index in [9.17, 15) is 0 Å². The lowest BCUT2D eigenvalue weighted by molar-refractivity contribution is 0.266. The van der Waals surface area contributed by atoms with Gasteiger partial charge in [0.1, 0.15) is 11.2 Å². The first-order valence-electron chi connectivity index (χ1n) is 21.6. The third kappa shape index (κ3) is 5.25.